The van der Waals surface area contributed by atoms with Crippen LogP contribution in [0.5, 0.6) is 0 Å². The summed E-state index contributed by atoms with van der Waals surface area (Å²) in [5, 5.41) is 10.9. The Morgan fingerprint density at radius 3 is 2.67 bits per heavy atom. The van der Waals surface area contributed by atoms with E-state index in [0.29, 0.717) is 4.59 Å². The first-order chi connectivity index (χ1) is 7.18. The fraction of sp³-hybridized carbons (Fsp3) is 0.167. The van der Waals surface area contributed by atoms with Crippen molar-refractivity contribution in [3.8, 4) is 0 Å². The summed E-state index contributed by atoms with van der Waals surface area (Å²) in [6.45, 7) is 0. The molecule has 0 saturated heterocycles. The topological polar surface area (TPSA) is 24.7 Å². The number of hydrogen-bond donors (Lipinski definition) is 0. The molecule has 3 nitrogen and oxygen atoms in total. The van der Waals surface area contributed by atoms with Crippen molar-refractivity contribution in [1.29, 1.82) is 0 Å². The highest BCUT2D eigenvalue weighted by molar-refractivity contribution is 5.99. The van der Waals surface area contributed by atoms with Crippen molar-refractivity contribution < 1.29 is 0 Å². The molecule has 0 spiro atoms. The molecule has 74 valence electrons. The summed E-state index contributed by atoms with van der Waals surface area (Å²) >= 11 is 0. The van der Waals surface area contributed by atoms with Crippen molar-refractivity contribution in [1.82, 2.24) is 4.59 Å². The van der Waals surface area contributed by atoms with Crippen LogP contribution in [0, 0.1) is 0 Å². The number of fused-ring (bicyclic) bond motifs is 3. The van der Waals surface area contributed by atoms with Gasteiger partial charge in [0.2, 0.25) is 0 Å². The Bertz CT molecular complexity index is 570. The Morgan fingerprint density at radius 1 is 1.00 bits per heavy atom. The van der Waals surface area contributed by atoms with Gasteiger partial charge in [0, 0.05) is 10.6 Å². The van der Waals surface area contributed by atoms with Gasteiger partial charge in [0.25, 0.3) is 0 Å². The molecule has 1 heterocycles. The van der Waals surface area contributed by atoms with Crippen molar-refractivity contribution in [3.05, 3.63) is 36.4 Å². The first kappa shape index (κ1) is 8.56. The molecule has 0 radical (unpaired) electrons. The maximum absolute atomic E-state index is 4.25. The van der Waals surface area contributed by atoms with Crippen LogP contribution < -0.4 is 4.59 Å². The van der Waals surface area contributed by atoms with Crippen LogP contribution in [0.25, 0.3) is 10.8 Å². The molecular formula is C12H12N3+. The van der Waals surface area contributed by atoms with Gasteiger partial charge in [0.15, 0.2) is 11.4 Å². The summed E-state index contributed by atoms with van der Waals surface area (Å²) in [5.74, 6) is 0. The number of benzene rings is 2. The van der Waals surface area contributed by atoms with Crippen LogP contribution in [0.2, 0.25) is 0 Å². The summed E-state index contributed by atoms with van der Waals surface area (Å²) < 4.78 is 0.483. The lowest BCUT2D eigenvalue weighted by atomic mass is 10.1. The van der Waals surface area contributed by atoms with E-state index in [1.54, 1.807) is 0 Å². The molecule has 15 heavy (non-hydrogen) atoms. The van der Waals surface area contributed by atoms with Gasteiger partial charge in [-0.3, -0.25) is 0 Å². The maximum Gasteiger partial charge on any atom is 0.196 e. The third kappa shape index (κ3) is 1.10. The average molecular weight is 198 g/mol. The highest BCUT2D eigenvalue weighted by Crippen LogP contribution is 2.43. The van der Waals surface area contributed by atoms with E-state index >= 15 is 0 Å². The fourth-order valence-electron chi connectivity index (χ4n) is 2.10. The molecule has 0 aromatic heterocycles. The standard InChI is InChI=1S/C12H12N3/c1-15(2)12-10-6-4-3-5-9(10)7-8-11(12)13-14-15/h3-8H,1-2H3/q+1. The SMILES string of the molecule is C[N+]1(C)N=Nc2ccc3ccccc3c21. The largest absolute Gasteiger partial charge is 0.196 e. The van der Waals surface area contributed by atoms with Crippen molar-refractivity contribution >= 4 is 22.1 Å². The minimum Gasteiger partial charge on any atom is -0.149 e. The van der Waals surface area contributed by atoms with Crippen LogP contribution in [-0.4, -0.2) is 14.1 Å². The average Bonchev–Trinajstić information content (AvgIpc) is 2.55. The van der Waals surface area contributed by atoms with Gasteiger partial charge in [-0.1, -0.05) is 29.4 Å². The Balaban J connectivity index is 2.46. The van der Waals surface area contributed by atoms with E-state index in [2.05, 4.69) is 40.7 Å². The second-order valence-electron chi connectivity index (χ2n) is 4.24. The third-order valence-electron chi connectivity index (χ3n) is 2.80. The molecule has 0 fully saturated rings. The highest BCUT2D eigenvalue weighted by Gasteiger charge is 2.31. The zero-order chi connectivity index (χ0) is 10.5. The van der Waals surface area contributed by atoms with Crippen LogP contribution in [0.15, 0.2) is 46.7 Å². The smallest absolute Gasteiger partial charge is 0.149 e. The zero-order valence-electron chi connectivity index (χ0n) is 8.81. The lowest BCUT2D eigenvalue weighted by Gasteiger charge is -2.17. The molecule has 3 rings (SSSR count). The molecule has 0 saturated carbocycles. The molecule has 0 bridgehead atoms. The molecule has 0 unspecified atom stereocenters. The van der Waals surface area contributed by atoms with Gasteiger partial charge in [-0.15, -0.1) is 4.59 Å². The quantitative estimate of drug-likeness (QED) is 0.579. The molecule has 0 N–H and O–H groups in total. The molecule has 3 heteroatoms. The molecule has 0 atom stereocenters. The van der Waals surface area contributed by atoms with Gasteiger partial charge < -0.3 is 0 Å². The lowest BCUT2D eigenvalue weighted by molar-refractivity contribution is 0.420. The first-order valence-corrected chi connectivity index (χ1v) is 4.98. The second kappa shape index (κ2) is 2.64. The molecule has 1 aliphatic heterocycles. The van der Waals surface area contributed by atoms with E-state index in [0.717, 1.165) is 5.69 Å². The number of nitrogens with zero attached hydrogens (tertiary/aromatic N) is 3. The van der Waals surface area contributed by atoms with E-state index < -0.39 is 0 Å². The van der Waals surface area contributed by atoms with Crippen molar-refractivity contribution in [3.63, 3.8) is 0 Å². The summed E-state index contributed by atoms with van der Waals surface area (Å²) in [5.41, 5.74) is 2.17. The number of quaternary nitrogens is 1. The Morgan fingerprint density at radius 2 is 1.80 bits per heavy atom. The molecular weight excluding hydrogens is 186 g/mol. The molecule has 2 aromatic rings. The highest BCUT2D eigenvalue weighted by atomic mass is 15.7. The van der Waals surface area contributed by atoms with Gasteiger partial charge >= 0.3 is 0 Å². The van der Waals surface area contributed by atoms with E-state index in [1.165, 1.54) is 16.5 Å². The van der Waals surface area contributed by atoms with E-state index in [9.17, 15) is 0 Å². The summed E-state index contributed by atoms with van der Waals surface area (Å²) in [7, 11) is 4.09. The Kier molecular flexibility index (Phi) is 1.51. The van der Waals surface area contributed by atoms with E-state index in [4.69, 9.17) is 0 Å². The van der Waals surface area contributed by atoms with Crippen LogP contribution in [-0.2, 0) is 0 Å². The third-order valence-corrected chi connectivity index (χ3v) is 2.80. The monoisotopic (exact) mass is 198 g/mol. The normalized spacial score (nSPS) is 16.9. The Hall–Kier alpha value is -1.74. The van der Waals surface area contributed by atoms with Gasteiger partial charge in [-0.2, -0.15) is 0 Å². The van der Waals surface area contributed by atoms with Gasteiger partial charge in [0.05, 0.1) is 14.1 Å². The summed E-state index contributed by atoms with van der Waals surface area (Å²) in [4.78, 5) is 0. The number of hydrogen-bond acceptors (Lipinski definition) is 2. The molecule has 2 aromatic carbocycles. The lowest BCUT2D eigenvalue weighted by Crippen LogP contribution is -2.31. The molecule has 0 aliphatic carbocycles. The Labute approximate surface area is 88.2 Å². The van der Waals surface area contributed by atoms with Gasteiger partial charge in [-0.05, 0) is 17.5 Å². The fourth-order valence-corrected chi connectivity index (χ4v) is 2.10. The summed E-state index contributed by atoms with van der Waals surface area (Å²) in [6.07, 6.45) is 0. The predicted molar refractivity (Wildman–Crippen MR) is 62.1 cm³/mol. The van der Waals surface area contributed by atoms with Crippen molar-refractivity contribution in [2.45, 2.75) is 0 Å². The summed E-state index contributed by atoms with van der Waals surface area (Å²) in [6, 6.07) is 12.5. The van der Waals surface area contributed by atoms with E-state index in [1.807, 2.05) is 20.2 Å². The van der Waals surface area contributed by atoms with Crippen molar-refractivity contribution in [2.75, 3.05) is 14.1 Å². The van der Waals surface area contributed by atoms with Crippen LogP contribution in [0.1, 0.15) is 0 Å². The van der Waals surface area contributed by atoms with Crippen LogP contribution in [0.3, 0.4) is 0 Å². The predicted octanol–water partition coefficient (Wildman–Crippen LogP) is 3.42. The minimum atomic E-state index is 0.483. The van der Waals surface area contributed by atoms with Crippen molar-refractivity contribution in [2.24, 2.45) is 10.3 Å². The minimum absolute atomic E-state index is 0.483. The molecule has 0 amide bonds. The van der Waals surface area contributed by atoms with Gasteiger partial charge in [-0.25, -0.2) is 0 Å². The first-order valence-electron chi connectivity index (χ1n) is 4.98. The number of rotatable bonds is 0. The van der Waals surface area contributed by atoms with Gasteiger partial charge in [0.1, 0.15) is 0 Å². The van der Waals surface area contributed by atoms with Crippen LogP contribution >= 0.6 is 0 Å². The molecule has 1 aliphatic rings. The zero-order valence-corrected chi connectivity index (χ0v) is 8.81. The van der Waals surface area contributed by atoms with E-state index in [-0.39, 0.29) is 0 Å². The maximum atomic E-state index is 4.25. The second-order valence-corrected chi connectivity index (χ2v) is 4.24. The van der Waals surface area contributed by atoms with Crippen LogP contribution in [0.4, 0.5) is 11.4 Å².